The average molecular weight is 306 g/mol. The van der Waals surface area contributed by atoms with Crippen LogP contribution in [0.15, 0.2) is 18.7 Å². The van der Waals surface area contributed by atoms with Gasteiger partial charge >= 0.3 is 0 Å². The normalized spacial score (nSPS) is 11.1. The zero-order valence-corrected chi connectivity index (χ0v) is 12.4. The van der Waals surface area contributed by atoms with Crippen molar-refractivity contribution in [1.29, 1.82) is 0 Å². The Morgan fingerprint density at radius 3 is 3.05 bits per heavy atom. The lowest BCUT2D eigenvalue weighted by Gasteiger charge is -2.06. The van der Waals surface area contributed by atoms with Gasteiger partial charge in [0.25, 0.3) is 0 Å². The van der Waals surface area contributed by atoms with Crippen molar-refractivity contribution in [2.75, 3.05) is 11.9 Å². The van der Waals surface area contributed by atoms with Crippen LogP contribution in [0.1, 0.15) is 18.4 Å². The summed E-state index contributed by atoms with van der Waals surface area (Å²) in [5, 5.41) is 10.3. The molecule has 3 aromatic rings. The molecule has 0 radical (unpaired) electrons. The smallest absolute Gasteiger partial charge is 0.226 e. The van der Waals surface area contributed by atoms with Gasteiger partial charge in [0.1, 0.15) is 0 Å². The van der Waals surface area contributed by atoms with Crippen LogP contribution in [-0.4, -0.2) is 36.3 Å². The molecule has 21 heavy (non-hydrogen) atoms. The topological polar surface area (TPSA) is 84.3 Å². The summed E-state index contributed by atoms with van der Waals surface area (Å²) >= 11 is 5.95. The molecular formula is C13H16ClN7. The number of hydrogen-bond acceptors (Lipinski definition) is 5. The van der Waals surface area contributed by atoms with Crippen molar-refractivity contribution >= 4 is 28.6 Å². The highest BCUT2D eigenvalue weighted by Crippen LogP contribution is 2.20. The van der Waals surface area contributed by atoms with E-state index < -0.39 is 0 Å². The van der Waals surface area contributed by atoms with Crippen LogP contribution in [0.4, 0.5) is 5.82 Å². The Balaban J connectivity index is 1.58. The Hall–Kier alpha value is -2.15. The lowest BCUT2D eigenvalue weighted by atomic mass is 10.1. The average Bonchev–Trinajstić information content (AvgIpc) is 3.09. The maximum absolute atomic E-state index is 5.95. The van der Waals surface area contributed by atoms with Crippen molar-refractivity contribution in [3.63, 3.8) is 0 Å². The van der Waals surface area contributed by atoms with Crippen LogP contribution in [0.25, 0.3) is 11.2 Å². The fraction of sp³-hybridized carbons (Fsp3) is 0.385. The fourth-order valence-corrected chi connectivity index (χ4v) is 2.34. The zero-order valence-electron chi connectivity index (χ0n) is 11.7. The predicted octanol–water partition coefficient (Wildman–Crippen LogP) is 2.17. The molecule has 0 aliphatic heterocycles. The molecule has 7 nitrogen and oxygen atoms in total. The second-order valence-electron chi connectivity index (χ2n) is 4.86. The largest absolute Gasteiger partial charge is 0.368 e. The van der Waals surface area contributed by atoms with E-state index in [1.165, 1.54) is 5.56 Å². The number of imidazole rings is 1. The monoisotopic (exact) mass is 305 g/mol. The molecule has 0 spiro atoms. The number of unbranched alkanes of at least 4 members (excludes halogenated alkanes) is 1. The van der Waals surface area contributed by atoms with E-state index >= 15 is 0 Å². The summed E-state index contributed by atoms with van der Waals surface area (Å²) < 4.78 is 1.83. The van der Waals surface area contributed by atoms with Gasteiger partial charge in [0, 0.05) is 19.8 Å². The highest BCUT2D eigenvalue weighted by molar-refractivity contribution is 6.28. The first-order chi connectivity index (χ1) is 10.2. The van der Waals surface area contributed by atoms with Gasteiger partial charge in [0.05, 0.1) is 12.5 Å². The molecule has 0 atom stereocenters. The van der Waals surface area contributed by atoms with E-state index in [0.717, 1.165) is 37.0 Å². The molecule has 0 aliphatic rings. The van der Waals surface area contributed by atoms with Crippen LogP contribution in [0.3, 0.4) is 0 Å². The van der Waals surface area contributed by atoms with Gasteiger partial charge in [-0.05, 0) is 36.4 Å². The van der Waals surface area contributed by atoms with E-state index in [-0.39, 0.29) is 5.28 Å². The molecule has 0 amide bonds. The maximum atomic E-state index is 5.95. The van der Waals surface area contributed by atoms with Gasteiger partial charge in [-0.25, -0.2) is 4.98 Å². The summed E-state index contributed by atoms with van der Waals surface area (Å²) in [6, 6.07) is 0. The van der Waals surface area contributed by atoms with Crippen molar-refractivity contribution in [3.05, 3.63) is 29.6 Å². The van der Waals surface area contributed by atoms with Gasteiger partial charge in [0.2, 0.25) is 5.28 Å². The number of rotatable bonds is 6. The maximum Gasteiger partial charge on any atom is 0.226 e. The van der Waals surface area contributed by atoms with E-state index in [9.17, 15) is 0 Å². The summed E-state index contributed by atoms with van der Waals surface area (Å²) in [6.45, 7) is 0.816. The minimum atomic E-state index is 0.229. The molecule has 3 rings (SSSR count). The molecule has 0 bridgehead atoms. The molecule has 3 aromatic heterocycles. The number of aromatic nitrogens is 6. The number of aromatic amines is 1. The Morgan fingerprint density at radius 1 is 1.33 bits per heavy atom. The van der Waals surface area contributed by atoms with Crippen LogP contribution in [0.2, 0.25) is 5.28 Å². The first-order valence-electron chi connectivity index (χ1n) is 6.80. The fourth-order valence-electron chi connectivity index (χ4n) is 2.18. The Morgan fingerprint density at radius 2 is 2.24 bits per heavy atom. The van der Waals surface area contributed by atoms with E-state index in [2.05, 4.69) is 30.5 Å². The van der Waals surface area contributed by atoms with Crippen molar-refractivity contribution in [2.24, 2.45) is 7.05 Å². The minimum Gasteiger partial charge on any atom is -0.368 e. The van der Waals surface area contributed by atoms with Gasteiger partial charge in [-0.2, -0.15) is 15.1 Å². The molecule has 8 heteroatoms. The van der Waals surface area contributed by atoms with Crippen LogP contribution in [-0.2, 0) is 13.5 Å². The number of halogens is 1. The summed E-state index contributed by atoms with van der Waals surface area (Å²) in [6.07, 6.45) is 8.61. The van der Waals surface area contributed by atoms with Crippen LogP contribution in [0, 0.1) is 0 Å². The molecule has 3 heterocycles. The van der Waals surface area contributed by atoms with E-state index in [0.29, 0.717) is 5.82 Å². The summed E-state index contributed by atoms with van der Waals surface area (Å²) in [7, 11) is 1.88. The summed E-state index contributed by atoms with van der Waals surface area (Å²) in [4.78, 5) is 12.7. The minimum absolute atomic E-state index is 0.229. The van der Waals surface area contributed by atoms with Crippen molar-refractivity contribution < 1.29 is 0 Å². The number of aryl methyl sites for hydroxylation is 2. The number of fused-ring (bicyclic) bond motifs is 1. The lowest BCUT2D eigenvalue weighted by molar-refractivity contribution is 0.762. The Kier molecular flexibility index (Phi) is 4.01. The molecule has 0 fully saturated rings. The Labute approximate surface area is 126 Å². The summed E-state index contributed by atoms with van der Waals surface area (Å²) in [5.41, 5.74) is 2.71. The van der Waals surface area contributed by atoms with E-state index in [1.54, 1.807) is 6.33 Å². The molecule has 0 aliphatic carbocycles. The third kappa shape index (κ3) is 3.13. The highest BCUT2D eigenvalue weighted by Gasteiger charge is 2.10. The third-order valence-electron chi connectivity index (χ3n) is 3.27. The number of H-pyrrole nitrogens is 1. The zero-order chi connectivity index (χ0) is 14.7. The molecule has 0 unspecified atom stereocenters. The molecule has 0 saturated heterocycles. The molecule has 0 aromatic carbocycles. The van der Waals surface area contributed by atoms with Crippen LogP contribution >= 0.6 is 11.6 Å². The molecule has 110 valence electrons. The third-order valence-corrected chi connectivity index (χ3v) is 3.44. The van der Waals surface area contributed by atoms with Crippen molar-refractivity contribution in [3.8, 4) is 0 Å². The first kappa shape index (κ1) is 13.8. The van der Waals surface area contributed by atoms with Gasteiger partial charge in [0.15, 0.2) is 17.0 Å². The number of nitrogens with zero attached hydrogens (tertiary/aromatic N) is 5. The quantitative estimate of drug-likeness (QED) is 0.538. The second kappa shape index (κ2) is 6.09. The van der Waals surface area contributed by atoms with Gasteiger partial charge in [-0.15, -0.1) is 0 Å². The molecular weight excluding hydrogens is 290 g/mol. The van der Waals surface area contributed by atoms with Crippen LogP contribution < -0.4 is 5.32 Å². The predicted molar refractivity (Wildman–Crippen MR) is 81.3 cm³/mol. The standard InChI is InChI=1S/C13H16ClN7/c1-21-8-16-10-11(19-13(14)20-12(10)21)15-5-3-2-4-9-6-17-18-7-9/h6-8H,2-5H2,1H3,(H,17,18)(H,15,19,20). The SMILES string of the molecule is Cn1cnc2c(NCCCCc3cn[nH]c3)nc(Cl)nc21. The van der Waals surface area contributed by atoms with Crippen molar-refractivity contribution in [2.45, 2.75) is 19.3 Å². The number of anilines is 1. The van der Waals surface area contributed by atoms with E-state index in [4.69, 9.17) is 11.6 Å². The van der Waals surface area contributed by atoms with Gasteiger partial charge in [-0.3, -0.25) is 5.10 Å². The highest BCUT2D eigenvalue weighted by atomic mass is 35.5. The summed E-state index contributed by atoms with van der Waals surface area (Å²) in [5.74, 6) is 0.689. The number of hydrogen-bond donors (Lipinski definition) is 2. The van der Waals surface area contributed by atoms with E-state index in [1.807, 2.05) is 24.0 Å². The Bertz CT molecular complexity index is 720. The molecule has 0 saturated carbocycles. The second-order valence-corrected chi connectivity index (χ2v) is 5.20. The van der Waals surface area contributed by atoms with Gasteiger partial charge < -0.3 is 9.88 Å². The first-order valence-corrected chi connectivity index (χ1v) is 7.18. The lowest BCUT2D eigenvalue weighted by Crippen LogP contribution is -2.05. The number of nitrogens with one attached hydrogen (secondary N) is 2. The molecule has 2 N–H and O–H groups in total. The van der Waals surface area contributed by atoms with Crippen molar-refractivity contribution in [1.82, 2.24) is 29.7 Å². The van der Waals surface area contributed by atoms with Crippen LogP contribution in [0.5, 0.6) is 0 Å². The van der Waals surface area contributed by atoms with Gasteiger partial charge in [-0.1, -0.05) is 0 Å².